The Morgan fingerprint density at radius 2 is 1.89 bits per heavy atom. The smallest absolute Gasteiger partial charge is 0.409 e. The van der Waals surface area contributed by atoms with Crippen molar-refractivity contribution in [3.05, 3.63) is 36.3 Å². The lowest BCUT2D eigenvalue weighted by Crippen LogP contribution is -2.49. The SMILES string of the molecule is COC[C@H](C)Nc1ncc2c(-c3ccnc(N4CCN(C(=O)OC)CC4)c3)cc(C3CCC(O)CC3)n2n1. The standard InChI is InChI=1S/C27H37N7O4/c1-18(17-37-2)30-26-29-16-24-22(15-23(34(24)31-26)19-4-6-21(35)7-5-19)20-8-9-28-25(14-20)32-10-12-33(13-11-32)27(36)38-3/h8-9,14-16,18-19,21,35H,4-7,10-13,17H2,1-3H3,(H,30,31)/t18-,19?,21?/m0/s1. The molecule has 2 aliphatic rings. The Bertz CT molecular complexity index is 1250. The normalized spacial score (nSPS) is 20.9. The third-order valence-electron chi connectivity index (χ3n) is 7.54. The predicted octanol–water partition coefficient (Wildman–Crippen LogP) is 3.15. The number of aliphatic hydroxyl groups is 1. The lowest BCUT2D eigenvalue weighted by atomic mass is 9.85. The molecule has 0 unspecified atom stereocenters. The minimum absolute atomic E-state index is 0.0724. The first-order valence-corrected chi connectivity index (χ1v) is 13.3. The summed E-state index contributed by atoms with van der Waals surface area (Å²) in [7, 11) is 3.09. The molecule has 3 aromatic heterocycles. The maximum atomic E-state index is 11.9. The van der Waals surface area contributed by atoms with Gasteiger partial charge in [0.2, 0.25) is 5.95 Å². The van der Waals surface area contributed by atoms with Crippen LogP contribution < -0.4 is 10.2 Å². The Morgan fingerprint density at radius 3 is 2.61 bits per heavy atom. The summed E-state index contributed by atoms with van der Waals surface area (Å²) in [6.07, 6.45) is 6.63. The summed E-state index contributed by atoms with van der Waals surface area (Å²) in [4.78, 5) is 25.0. The monoisotopic (exact) mass is 523 g/mol. The molecule has 2 N–H and O–H groups in total. The zero-order chi connectivity index (χ0) is 26.6. The van der Waals surface area contributed by atoms with E-state index in [0.29, 0.717) is 44.7 Å². The van der Waals surface area contributed by atoms with Crippen molar-refractivity contribution < 1.29 is 19.4 Å². The van der Waals surface area contributed by atoms with Crippen LogP contribution in [0.5, 0.6) is 0 Å². The Kier molecular flexibility index (Phi) is 7.94. The van der Waals surface area contributed by atoms with Crippen LogP contribution in [0.3, 0.4) is 0 Å². The van der Waals surface area contributed by atoms with Crippen LogP contribution in [-0.2, 0) is 9.47 Å². The third kappa shape index (κ3) is 5.53. The van der Waals surface area contributed by atoms with Crippen molar-refractivity contribution in [3.8, 4) is 11.1 Å². The molecule has 4 heterocycles. The number of ether oxygens (including phenoxy) is 2. The van der Waals surface area contributed by atoms with Crippen molar-refractivity contribution in [2.24, 2.45) is 0 Å². The summed E-state index contributed by atoms with van der Waals surface area (Å²) in [6.45, 7) is 5.16. The molecule has 0 radical (unpaired) electrons. The molecule has 5 rings (SSSR count). The molecule has 3 aromatic rings. The number of amides is 1. The maximum absolute atomic E-state index is 11.9. The van der Waals surface area contributed by atoms with Crippen molar-refractivity contribution in [2.45, 2.75) is 50.7 Å². The van der Waals surface area contributed by atoms with Crippen LogP contribution in [0, 0.1) is 0 Å². The van der Waals surface area contributed by atoms with Crippen LogP contribution in [-0.4, -0.2) is 94.8 Å². The molecule has 0 spiro atoms. The zero-order valence-electron chi connectivity index (χ0n) is 22.3. The van der Waals surface area contributed by atoms with Gasteiger partial charge in [-0.25, -0.2) is 19.3 Å². The Morgan fingerprint density at radius 1 is 1.13 bits per heavy atom. The first-order valence-electron chi connectivity index (χ1n) is 13.3. The molecule has 204 valence electrons. The number of anilines is 2. The highest BCUT2D eigenvalue weighted by Gasteiger charge is 2.27. The van der Waals surface area contributed by atoms with Gasteiger partial charge in [0.25, 0.3) is 0 Å². The molecule has 1 saturated carbocycles. The highest BCUT2D eigenvalue weighted by Crippen LogP contribution is 2.38. The fourth-order valence-corrected chi connectivity index (χ4v) is 5.49. The number of nitrogens with zero attached hydrogens (tertiary/aromatic N) is 6. The predicted molar refractivity (Wildman–Crippen MR) is 145 cm³/mol. The van der Waals surface area contributed by atoms with E-state index in [4.69, 9.17) is 14.6 Å². The van der Waals surface area contributed by atoms with Crippen LogP contribution in [0.25, 0.3) is 16.6 Å². The zero-order valence-corrected chi connectivity index (χ0v) is 22.3. The van der Waals surface area contributed by atoms with Crippen LogP contribution in [0.1, 0.15) is 44.2 Å². The van der Waals surface area contributed by atoms with Gasteiger partial charge < -0.3 is 29.7 Å². The molecule has 2 fully saturated rings. The maximum Gasteiger partial charge on any atom is 0.409 e. The highest BCUT2D eigenvalue weighted by atomic mass is 16.5. The number of carbonyl (C=O) groups is 1. The number of piperazine rings is 1. The quantitative estimate of drug-likeness (QED) is 0.482. The van der Waals surface area contributed by atoms with Gasteiger partial charge in [-0.15, -0.1) is 5.10 Å². The van der Waals surface area contributed by atoms with E-state index in [1.165, 1.54) is 7.11 Å². The van der Waals surface area contributed by atoms with Gasteiger partial charge in [-0.3, -0.25) is 0 Å². The summed E-state index contributed by atoms with van der Waals surface area (Å²) >= 11 is 0. The van der Waals surface area contributed by atoms with Gasteiger partial charge in [0.1, 0.15) is 5.82 Å². The fraction of sp³-hybridized carbons (Fsp3) is 0.556. The molecule has 1 saturated heterocycles. The molecule has 38 heavy (non-hydrogen) atoms. The van der Waals surface area contributed by atoms with Gasteiger partial charge >= 0.3 is 6.09 Å². The molecule has 1 aliphatic heterocycles. The van der Waals surface area contributed by atoms with Crippen molar-refractivity contribution in [2.75, 3.05) is 57.2 Å². The van der Waals surface area contributed by atoms with Crippen molar-refractivity contribution in [1.82, 2.24) is 24.5 Å². The molecule has 1 amide bonds. The van der Waals surface area contributed by atoms with Gasteiger partial charge in [0, 0.05) is 62.7 Å². The van der Waals surface area contributed by atoms with Gasteiger partial charge in [0.05, 0.1) is 31.5 Å². The topological polar surface area (TPSA) is 117 Å². The summed E-state index contributed by atoms with van der Waals surface area (Å²) in [5.41, 5.74) is 4.17. The molecule has 0 bridgehead atoms. The molecular weight excluding hydrogens is 486 g/mol. The average molecular weight is 524 g/mol. The van der Waals surface area contributed by atoms with Crippen molar-refractivity contribution in [3.63, 3.8) is 0 Å². The van der Waals surface area contributed by atoms with E-state index in [-0.39, 0.29) is 18.2 Å². The van der Waals surface area contributed by atoms with E-state index in [0.717, 1.165) is 53.8 Å². The number of methoxy groups -OCH3 is 2. The molecule has 0 aromatic carbocycles. The first-order chi connectivity index (χ1) is 18.5. The molecule has 11 nitrogen and oxygen atoms in total. The molecular formula is C27H37N7O4. The number of hydrogen-bond donors (Lipinski definition) is 2. The number of hydrogen-bond acceptors (Lipinski definition) is 9. The molecule has 1 atom stereocenters. The number of nitrogens with one attached hydrogen (secondary N) is 1. The van der Waals surface area contributed by atoms with Gasteiger partial charge in [0.15, 0.2) is 0 Å². The van der Waals surface area contributed by atoms with E-state index in [1.54, 1.807) is 12.0 Å². The summed E-state index contributed by atoms with van der Waals surface area (Å²) in [6, 6.07) is 6.42. The van der Waals surface area contributed by atoms with E-state index in [9.17, 15) is 9.90 Å². The highest BCUT2D eigenvalue weighted by molar-refractivity contribution is 5.82. The Balaban J connectivity index is 1.46. The van der Waals surface area contributed by atoms with Crippen molar-refractivity contribution >= 4 is 23.4 Å². The molecule has 1 aliphatic carbocycles. The Labute approximate surface area is 222 Å². The number of aliphatic hydroxyl groups excluding tert-OH is 1. The third-order valence-corrected chi connectivity index (χ3v) is 7.54. The number of aromatic nitrogens is 4. The number of rotatable bonds is 7. The number of fused-ring (bicyclic) bond motifs is 1. The molecule has 11 heteroatoms. The van der Waals surface area contributed by atoms with E-state index >= 15 is 0 Å². The summed E-state index contributed by atoms with van der Waals surface area (Å²) < 4.78 is 12.1. The van der Waals surface area contributed by atoms with Gasteiger partial charge in [-0.05, 0) is 56.4 Å². The van der Waals surface area contributed by atoms with Crippen LogP contribution in [0.2, 0.25) is 0 Å². The second-order valence-electron chi connectivity index (χ2n) is 10.2. The first kappa shape index (κ1) is 26.2. The lowest BCUT2D eigenvalue weighted by Gasteiger charge is -2.34. The lowest BCUT2D eigenvalue weighted by molar-refractivity contribution is 0.121. The van der Waals surface area contributed by atoms with E-state index in [2.05, 4.69) is 32.3 Å². The largest absolute Gasteiger partial charge is 0.453 e. The fourth-order valence-electron chi connectivity index (χ4n) is 5.49. The van der Waals surface area contributed by atoms with E-state index < -0.39 is 0 Å². The van der Waals surface area contributed by atoms with Crippen molar-refractivity contribution in [1.29, 1.82) is 0 Å². The summed E-state index contributed by atoms with van der Waals surface area (Å²) in [5, 5.41) is 18.3. The minimum atomic E-state index is -0.292. The van der Waals surface area contributed by atoms with Crippen LogP contribution >= 0.6 is 0 Å². The van der Waals surface area contributed by atoms with Gasteiger partial charge in [-0.2, -0.15) is 0 Å². The number of pyridine rings is 1. The average Bonchev–Trinajstić information content (AvgIpc) is 3.32. The van der Waals surface area contributed by atoms with Gasteiger partial charge in [-0.1, -0.05) is 0 Å². The number of carbonyl (C=O) groups excluding carboxylic acids is 1. The minimum Gasteiger partial charge on any atom is -0.453 e. The van der Waals surface area contributed by atoms with Crippen LogP contribution in [0.15, 0.2) is 30.6 Å². The summed E-state index contributed by atoms with van der Waals surface area (Å²) in [5.74, 6) is 1.74. The second kappa shape index (κ2) is 11.5. The Hall–Kier alpha value is -3.44. The van der Waals surface area contributed by atoms with E-state index in [1.807, 2.05) is 29.9 Å². The second-order valence-corrected chi connectivity index (χ2v) is 10.2. The van der Waals surface area contributed by atoms with Crippen LogP contribution in [0.4, 0.5) is 16.6 Å².